The summed E-state index contributed by atoms with van der Waals surface area (Å²) in [6.07, 6.45) is 4.34. The van der Waals surface area contributed by atoms with Crippen LogP contribution in [-0.2, 0) is 11.3 Å². The molecule has 0 aliphatic heterocycles. The van der Waals surface area contributed by atoms with Crippen molar-refractivity contribution in [2.45, 2.75) is 40.2 Å². The molecule has 21 heavy (non-hydrogen) atoms. The number of carbonyl (C=O) groups excluding carboxylic acids is 1. The molecule has 2 rings (SSSR count). The summed E-state index contributed by atoms with van der Waals surface area (Å²) >= 11 is 0. The third-order valence-corrected chi connectivity index (χ3v) is 3.11. The number of nitrogens with zero attached hydrogens (tertiary/aromatic N) is 2. The summed E-state index contributed by atoms with van der Waals surface area (Å²) in [7, 11) is 0. The van der Waals surface area contributed by atoms with Gasteiger partial charge in [0, 0.05) is 31.0 Å². The second-order valence-electron chi connectivity index (χ2n) is 5.14. The van der Waals surface area contributed by atoms with Gasteiger partial charge in [0.25, 0.3) is 0 Å². The first-order chi connectivity index (χ1) is 10.1. The highest BCUT2D eigenvalue weighted by molar-refractivity contribution is 5.88. The summed E-state index contributed by atoms with van der Waals surface area (Å²) in [6.45, 7) is 6.63. The van der Waals surface area contributed by atoms with Gasteiger partial charge in [-0.15, -0.1) is 0 Å². The van der Waals surface area contributed by atoms with Crippen molar-refractivity contribution in [3.63, 3.8) is 0 Å². The summed E-state index contributed by atoms with van der Waals surface area (Å²) in [4.78, 5) is 15.5. The fourth-order valence-electron chi connectivity index (χ4n) is 2.11. The molecule has 0 atom stereocenters. The van der Waals surface area contributed by atoms with Crippen molar-refractivity contribution in [1.29, 1.82) is 0 Å². The van der Waals surface area contributed by atoms with E-state index in [0.717, 1.165) is 42.4 Å². The van der Waals surface area contributed by atoms with Crippen molar-refractivity contribution in [1.82, 2.24) is 9.55 Å². The number of anilines is 3. The lowest BCUT2D eigenvalue weighted by molar-refractivity contribution is -0.114. The van der Waals surface area contributed by atoms with Gasteiger partial charge in [-0.05, 0) is 37.6 Å². The molecule has 0 spiro atoms. The minimum absolute atomic E-state index is 0.0681. The molecule has 1 aromatic heterocycles. The Morgan fingerprint density at radius 3 is 2.52 bits per heavy atom. The fourth-order valence-corrected chi connectivity index (χ4v) is 2.11. The molecule has 0 fully saturated rings. The number of amides is 1. The Morgan fingerprint density at radius 1 is 1.24 bits per heavy atom. The Kier molecular flexibility index (Phi) is 4.98. The lowest BCUT2D eigenvalue weighted by atomic mass is 10.3. The van der Waals surface area contributed by atoms with E-state index in [1.165, 1.54) is 6.92 Å². The van der Waals surface area contributed by atoms with Crippen molar-refractivity contribution in [3.8, 4) is 0 Å². The van der Waals surface area contributed by atoms with Crippen LogP contribution >= 0.6 is 0 Å². The Balaban J connectivity index is 2.08. The second kappa shape index (κ2) is 6.92. The number of imidazole rings is 1. The van der Waals surface area contributed by atoms with E-state index in [1.54, 1.807) is 0 Å². The average Bonchev–Trinajstić information content (AvgIpc) is 2.78. The normalized spacial score (nSPS) is 10.4. The molecule has 1 amide bonds. The fraction of sp³-hybridized carbons (Fsp3) is 0.375. The van der Waals surface area contributed by atoms with Crippen LogP contribution in [0.1, 0.15) is 32.4 Å². The van der Waals surface area contributed by atoms with E-state index >= 15 is 0 Å². The van der Waals surface area contributed by atoms with Crippen LogP contribution in [0, 0.1) is 6.92 Å². The number of unbranched alkanes of at least 4 members (excludes halogenated alkanes) is 1. The summed E-state index contributed by atoms with van der Waals surface area (Å²) in [5.41, 5.74) is 2.74. The molecule has 1 aromatic carbocycles. The number of rotatable bonds is 6. The minimum atomic E-state index is -0.0681. The lowest BCUT2D eigenvalue weighted by Crippen LogP contribution is -2.06. The maximum Gasteiger partial charge on any atom is 0.221 e. The van der Waals surface area contributed by atoms with E-state index in [2.05, 4.69) is 33.3 Å². The molecule has 112 valence electrons. The van der Waals surface area contributed by atoms with Gasteiger partial charge in [-0.2, -0.15) is 0 Å². The largest absolute Gasteiger partial charge is 0.326 e. The topological polar surface area (TPSA) is 59.0 Å². The Hall–Kier alpha value is -2.30. The highest BCUT2D eigenvalue weighted by Gasteiger charge is 2.05. The van der Waals surface area contributed by atoms with Crippen LogP contribution < -0.4 is 10.6 Å². The SMILES string of the molecule is CCCCn1cc(C)nc1Nc1ccc(NC(C)=O)cc1. The van der Waals surface area contributed by atoms with Gasteiger partial charge in [0.1, 0.15) is 0 Å². The van der Waals surface area contributed by atoms with E-state index in [9.17, 15) is 4.79 Å². The quantitative estimate of drug-likeness (QED) is 0.851. The molecule has 0 unspecified atom stereocenters. The van der Waals surface area contributed by atoms with Crippen LogP contribution in [0.2, 0.25) is 0 Å². The maximum atomic E-state index is 11.0. The van der Waals surface area contributed by atoms with Gasteiger partial charge in [-0.25, -0.2) is 4.98 Å². The molecule has 0 saturated heterocycles. The number of nitrogens with one attached hydrogen (secondary N) is 2. The number of benzene rings is 1. The number of hydrogen-bond donors (Lipinski definition) is 2. The Morgan fingerprint density at radius 2 is 1.90 bits per heavy atom. The predicted molar refractivity (Wildman–Crippen MR) is 85.9 cm³/mol. The van der Waals surface area contributed by atoms with Gasteiger partial charge < -0.3 is 15.2 Å². The van der Waals surface area contributed by atoms with Crippen molar-refractivity contribution in [3.05, 3.63) is 36.2 Å². The molecule has 2 aromatic rings. The number of carbonyl (C=O) groups is 1. The molecule has 2 N–H and O–H groups in total. The van der Waals surface area contributed by atoms with E-state index in [0.29, 0.717) is 0 Å². The Bertz CT molecular complexity index is 601. The maximum absolute atomic E-state index is 11.0. The first-order valence-corrected chi connectivity index (χ1v) is 7.27. The van der Waals surface area contributed by atoms with Gasteiger partial charge in [0.05, 0.1) is 5.69 Å². The molecule has 0 bridgehead atoms. The van der Waals surface area contributed by atoms with E-state index in [-0.39, 0.29) is 5.91 Å². The van der Waals surface area contributed by atoms with Crippen LogP contribution in [0.4, 0.5) is 17.3 Å². The van der Waals surface area contributed by atoms with E-state index < -0.39 is 0 Å². The third kappa shape index (κ3) is 4.34. The van der Waals surface area contributed by atoms with Crippen LogP contribution in [0.5, 0.6) is 0 Å². The molecular formula is C16H22N4O. The minimum Gasteiger partial charge on any atom is -0.326 e. The predicted octanol–water partition coefficient (Wildman–Crippen LogP) is 3.69. The molecule has 0 aliphatic rings. The van der Waals surface area contributed by atoms with Crippen LogP contribution in [0.15, 0.2) is 30.5 Å². The number of aromatic nitrogens is 2. The Labute approximate surface area is 125 Å². The summed E-state index contributed by atoms with van der Waals surface area (Å²) in [5.74, 6) is 0.787. The third-order valence-electron chi connectivity index (χ3n) is 3.11. The van der Waals surface area contributed by atoms with Crippen molar-refractivity contribution >= 4 is 23.2 Å². The summed E-state index contributed by atoms with van der Waals surface area (Å²) in [5, 5.41) is 6.07. The van der Waals surface area contributed by atoms with Gasteiger partial charge in [-0.3, -0.25) is 4.79 Å². The van der Waals surface area contributed by atoms with Crippen LogP contribution in [-0.4, -0.2) is 15.5 Å². The zero-order chi connectivity index (χ0) is 15.2. The molecule has 5 nitrogen and oxygen atoms in total. The van der Waals surface area contributed by atoms with Gasteiger partial charge >= 0.3 is 0 Å². The van der Waals surface area contributed by atoms with E-state index in [1.807, 2.05) is 31.2 Å². The molecule has 1 heterocycles. The molecular weight excluding hydrogens is 264 g/mol. The van der Waals surface area contributed by atoms with Gasteiger partial charge in [0.2, 0.25) is 11.9 Å². The van der Waals surface area contributed by atoms with Gasteiger partial charge in [0.15, 0.2) is 0 Å². The van der Waals surface area contributed by atoms with Crippen molar-refractivity contribution in [2.24, 2.45) is 0 Å². The van der Waals surface area contributed by atoms with Crippen molar-refractivity contribution < 1.29 is 4.79 Å². The van der Waals surface area contributed by atoms with Crippen molar-refractivity contribution in [2.75, 3.05) is 10.6 Å². The molecule has 0 aliphatic carbocycles. The van der Waals surface area contributed by atoms with Crippen LogP contribution in [0.25, 0.3) is 0 Å². The van der Waals surface area contributed by atoms with Crippen LogP contribution in [0.3, 0.4) is 0 Å². The highest BCUT2D eigenvalue weighted by atomic mass is 16.1. The standard InChI is InChI=1S/C16H22N4O/c1-4-5-10-20-11-12(2)17-16(20)19-15-8-6-14(7-9-15)18-13(3)21/h6-9,11H,4-5,10H2,1-3H3,(H,17,19)(H,18,21). The first-order valence-electron chi connectivity index (χ1n) is 7.27. The first kappa shape index (κ1) is 15.1. The molecule has 5 heteroatoms. The zero-order valence-electron chi connectivity index (χ0n) is 12.8. The monoisotopic (exact) mass is 286 g/mol. The summed E-state index contributed by atoms with van der Waals surface area (Å²) in [6, 6.07) is 7.60. The lowest BCUT2D eigenvalue weighted by Gasteiger charge is -2.10. The number of hydrogen-bond acceptors (Lipinski definition) is 3. The summed E-state index contributed by atoms with van der Waals surface area (Å²) < 4.78 is 2.14. The highest BCUT2D eigenvalue weighted by Crippen LogP contribution is 2.19. The average molecular weight is 286 g/mol. The second-order valence-corrected chi connectivity index (χ2v) is 5.14. The molecule has 0 radical (unpaired) electrons. The zero-order valence-corrected chi connectivity index (χ0v) is 12.8. The number of aryl methyl sites for hydroxylation is 2. The molecule has 0 saturated carbocycles. The van der Waals surface area contributed by atoms with Gasteiger partial charge in [-0.1, -0.05) is 13.3 Å². The smallest absolute Gasteiger partial charge is 0.221 e. The van der Waals surface area contributed by atoms with E-state index in [4.69, 9.17) is 0 Å².